The number of carbonyl (C=O) groups excluding carboxylic acids is 1. The Balaban J connectivity index is 1.92. The fourth-order valence-corrected chi connectivity index (χ4v) is 2.33. The van der Waals surface area contributed by atoms with Crippen molar-refractivity contribution in [3.05, 3.63) is 0 Å². The normalized spacial score (nSPS) is 15.9. The molecule has 0 radical (unpaired) electrons. The fraction of sp³-hybridized carbons (Fsp3) is 0.923. The van der Waals surface area contributed by atoms with Crippen molar-refractivity contribution in [1.82, 2.24) is 4.90 Å². The van der Waals surface area contributed by atoms with Crippen LogP contribution in [0, 0.1) is 0 Å². The molecule has 1 fully saturated rings. The first-order valence-corrected chi connectivity index (χ1v) is 10.3. The van der Waals surface area contributed by atoms with E-state index in [1.165, 1.54) is 9.21 Å². The standard InChI is InChI=1S/C13H24INO5S/c1-13(2,3)20-12(16)15-9-11(10-15)18-6-4-5-17-7-8-19-21-14/h11H,4-10H2,1-3H3. The third-order valence-electron chi connectivity index (χ3n) is 2.64. The van der Waals surface area contributed by atoms with Crippen molar-refractivity contribution in [3.63, 3.8) is 0 Å². The third kappa shape index (κ3) is 9.07. The summed E-state index contributed by atoms with van der Waals surface area (Å²) in [4.78, 5) is 13.4. The summed E-state index contributed by atoms with van der Waals surface area (Å²) in [7, 11) is 1.31. The Bertz CT molecular complexity index is 307. The van der Waals surface area contributed by atoms with Gasteiger partial charge in [-0.3, -0.25) is 0 Å². The van der Waals surface area contributed by atoms with Crippen LogP contribution in [0.2, 0.25) is 0 Å². The van der Waals surface area contributed by atoms with Crippen molar-refractivity contribution < 1.29 is 23.2 Å². The number of nitrogens with zero attached hydrogens (tertiary/aromatic N) is 1. The van der Waals surface area contributed by atoms with E-state index < -0.39 is 5.60 Å². The van der Waals surface area contributed by atoms with Crippen LogP contribution in [0.3, 0.4) is 0 Å². The van der Waals surface area contributed by atoms with Crippen molar-refractivity contribution in [1.29, 1.82) is 0 Å². The lowest BCUT2D eigenvalue weighted by molar-refractivity contribution is -0.0666. The summed E-state index contributed by atoms with van der Waals surface area (Å²) in [6, 6.07) is 0. The van der Waals surface area contributed by atoms with E-state index in [4.69, 9.17) is 18.4 Å². The van der Waals surface area contributed by atoms with Crippen molar-refractivity contribution in [2.75, 3.05) is 39.5 Å². The van der Waals surface area contributed by atoms with Gasteiger partial charge in [-0.25, -0.2) is 4.79 Å². The van der Waals surface area contributed by atoms with Gasteiger partial charge in [0.05, 0.1) is 41.6 Å². The number of hydrogen-bond acceptors (Lipinski definition) is 6. The Hall–Kier alpha value is 0.230. The van der Waals surface area contributed by atoms with Gasteiger partial charge in [-0.2, -0.15) is 0 Å². The van der Waals surface area contributed by atoms with E-state index in [2.05, 4.69) is 21.2 Å². The molecule has 0 spiro atoms. The van der Waals surface area contributed by atoms with Crippen molar-refractivity contribution in [3.8, 4) is 0 Å². The highest BCUT2D eigenvalue weighted by molar-refractivity contribution is 14.2. The summed E-state index contributed by atoms with van der Waals surface area (Å²) in [6.45, 7) is 9.32. The molecule has 0 aromatic rings. The molecule has 8 heteroatoms. The van der Waals surface area contributed by atoms with Crippen molar-refractivity contribution in [2.24, 2.45) is 0 Å². The van der Waals surface area contributed by atoms with Gasteiger partial charge in [-0.15, -0.1) is 0 Å². The van der Waals surface area contributed by atoms with Crippen LogP contribution in [-0.2, 0) is 18.4 Å². The van der Waals surface area contributed by atoms with Crippen LogP contribution in [-0.4, -0.2) is 62.2 Å². The summed E-state index contributed by atoms with van der Waals surface area (Å²) in [5.41, 5.74) is -0.445. The number of likely N-dealkylation sites (tertiary alicyclic amines) is 1. The van der Waals surface area contributed by atoms with Crippen LogP contribution in [0.5, 0.6) is 0 Å². The van der Waals surface area contributed by atoms with E-state index in [-0.39, 0.29) is 12.2 Å². The quantitative estimate of drug-likeness (QED) is 0.317. The molecule has 21 heavy (non-hydrogen) atoms. The van der Waals surface area contributed by atoms with Gasteiger partial charge in [0.1, 0.15) is 5.60 Å². The summed E-state index contributed by atoms with van der Waals surface area (Å²) in [6.07, 6.45) is 0.704. The summed E-state index contributed by atoms with van der Waals surface area (Å²) in [5, 5.41) is 0. The average Bonchev–Trinajstić information content (AvgIpc) is 2.32. The van der Waals surface area contributed by atoms with Crippen LogP contribution in [0.1, 0.15) is 27.2 Å². The molecule has 0 N–H and O–H groups in total. The van der Waals surface area contributed by atoms with Gasteiger partial charge in [0.2, 0.25) is 0 Å². The summed E-state index contributed by atoms with van der Waals surface area (Å²) >= 11 is 2.07. The Morgan fingerprint density at radius 1 is 1.24 bits per heavy atom. The molecular weight excluding hydrogens is 409 g/mol. The van der Waals surface area contributed by atoms with Gasteiger partial charge in [0.15, 0.2) is 0 Å². The summed E-state index contributed by atoms with van der Waals surface area (Å²) < 4.78 is 21.4. The Morgan fingerprint density at radius 2 is 1.95 bits per heavy atom. The minimum absolute atomic E-state index is 0.122. The molecule has 0 saturated carbocycles. The van der Waals surface area contributed by atoms with Crippen LogP contribution in [0.25, 0.3) is 0 Å². The molecule has 0 aliphatic carbocycles. The maximum Gasteiger partial charge on any atom is 0.410 e. The van der Waals surface area contributed by atoms with E-state index in [9.17, 15) is 4.79 Å². The number of amides is 1. The zero-order valence-corrected chi connectivity index (χ0v) is 15.8. The molecular formula is C13H24INO5S. The van der Waals surface area contributed by atoms with E-state index >= 15 is 0 Å². The zero-order chi connectivity index (χ0) is 15.7. The second-order valence-corrected chi connectivity index (χ2v) is 7.17. The molecule has 0 bridgehead atoms. The van der Waals surface area contributed by atoms with Gasteiger partial charge in [-0.1, -0.05) is 0 Å². The maximum absolute atomic E-state index is 11.7. The molecule has 1 amide bonds. The minimum Gasteiger partial charge on any atom is -0.444 e. The van der Waals surface area contributed by atoms with E-state index in [0.29, 0.717) is 39.5 Å². The monoisotopic (exact) mass is 433 g/mol. The van der Waals surface area contributed by atoms with Gasteiger partial charge in [0, 0.05) is 34.4 Å². The molecule has 1 aliphatic heterocycles. The first-order chi connectivity index (χ1) is 9.92. The predicted octanol–water partition coefficient (Wildman–Crippen LogP) is 3.04. The number of ether oxygens (including phenoxy) is 3. The van der Waals surface area contributed by atoms with Gasteiger partial charge in [0.25, 0.3) is 0 Å². The van der Waals surface area contributed by atoms with Crippen LogP contribution in [0.4, 0.5) is 4.79 Å². The van der Waals surface area contributed by atoms with Crippen LogP contribution in [0.15, 0.2) is 0 Å². The highest BCUT2D eigenvalue weighted by Crippen LogP contribution is 2.17. The molecule has 1 rings (SSSR count). The largest absolute Gasteiger partial charge is 0.444 e. The number of halogens is 1. The van der Waals surface area contributed by atoms with Crippen molar-refractivity contribution >= 4 is 36.5 Å². The second kappa shape index (κ2) is 10.1. The second-order valence-electron chi connectivity index (χ2n) is 5.73. The Labute approximate surface area is 143 Å². The highest BCUT2D eigenvalue weighted by Gasteiger charge is 2.34. The molecule has 0 atom stereocenters. The first kappa shape index (κ1) is 19.3. The van der Waals surface area contributed by atoms with Gasteiger partial charge in [-0.05, 0) is 27.2 Å². The lowest BCUT2D eigenvalue weighted by Crippen LogP contribution is -2.56. The molecule has 6 nitrogen and oxygen atoms in total. The average molecular weight is 433 g/mol. The smallest absolute Gasteiger partial charge is 0.410 e. The van der Waals surface area contributed by atoms with Crippen molar-refractivity contribution in [2.45, 2.75) is 38.9 Å². The third-order valence-corrected chi connectivity index (χ3v) is 3.66. The van der Waals surface area contributed by atoms with E-state index in [1.54, 1.807) is 4.90 Å². The molecule has 124 valence electrons. The Kier molecular flexibility index (Phi) is 9.26. The van der Waals surface area contributed by atoms with E-state index in [0.717, 1.165) is 6.42 Å². The first-order valence-electron chi connectivity index (χ1n) is 7.00. The highest BCUT2D eigenvalue weighted by atomic mass is 127. The molecule has 0 unspecified atom stereocenters. The number of carbonyl (C=O) groups is 1. The van der Waals surface area contributed by atoms with Crippen LogP contribution >= 0.6 is 30.4 Å². The lowest BCUT2D eigenvalue weighted by atomic mass is 10.2. The zero-order valence-electron chi connectivity index (χ0n) is 12.8. The SMILES string of the molecule is CC(C)(C)OC(=O)N1CC(OCCCOCCOSI)C1. The lowest BCUT2D eigenvalue weighted by Gasteiger charge is -2.39. The topological polar surface area (TPSA) is 57.2 Å². The fourth-order valence-electron chi connectivity index (χ4n) is 1.66. The minimum atomic E-state index is -0.445. The Morgan fingerprint density at radius 3 is 2.57 bits per heavy atom. The number of rotatable bonds is 9. The van der Waals surface area contributed by atoms with Crippen LogP contribution < -0.4 is 0 Å². The molecule has 1 heterocycles. The number of hydrogen-bond donors (Lipinski definition) is 0. The van der Waals surface area contributed by atoms with E-state index in [1.807, 2.05) is 20.8 Å². The molecule has 0 aromatic heterocycles. The summed E-state index contributed by atoms with van der Waals surface area (Å²) in [5.74, 6) is 0. The van der Waals surface area contributed by atoms with Gasteiger partial charge >= 0.3 is 6.09 Å². The molecule has 1 saturated heterocycles. The maximum atomic E-state index is 11.7. The molecule has 0 aromatic carbocycles. The predicted molar refractivity (Wildman–Crippen MR) is 90.5 cm³/mol. The molecule has 1 aliphatic rings. The van der Waals surface area contributed by atoms with Gasteiger partial charge < -0.3 is 23.3 Å².